The number of nitrogens with zero attached hydrogens (tertiary/aromatic N) is 3. The highest BCUT2D eigenvalue weighted by molar-refractivity contribution is 6.05. The van der Waals surface area contributed by atoms with Crippen LogP contribution in [0.1, 0.15) is 21.5 Å². The van der Waals surface area contributed by atoms with Gasteiger partial charge in [-0.3, -0.25) is 4.79 Å². The summed E-state index contributed by atoms with van der Waals surface area (Å²) in [6.45, 7) is 2.49. The first-order valence-electron chi connectivity index (χ1n) is 9.23. The van der Waals surface area contributed by atoms with E-state index < -0.39 is 0 Å². The molecule has 1 heterocycles. The van der Waals surface area contributed by atoms with Crippen LogP contribution in [0.4, 0.5) is 5.69 Å². The maximum Gasteiger partial charge on any atom is 0.255 e. The van der Waals surface area contributed by atoms with Crippen LogP contribution in [0.3, 0.4) is 0 Å². The Morgan fingerprint density at radius 2 is 1.90 bits per heavy atom. The molecule has 3 aromatic carbocycles. The molecule has 29 heavy (non-hydrogen) atoms. The summed E-state index contributed by atoms with van der Waals surface area (Å²) in [5, 5.41) is 7.08. The van der Waals surface area contributed by atoms with Gasteiger partial charge in [0.2, 0.25) is 0 Å². The van der Waals surface area contributed by atoms with E-state index in [0.717, 1.165) is 11.3 Å². The van der Waals surface area contributed by atoms with Gasteiger partial charge in [-0.1, -0.05) is 48.0 Å². The highest BCUT2D eigenvalue weighted by atomic mass is 16.5. The topological polar surface area (TPSA) is 69.0 Å². The number of para-hydroxylation sites is 2. The molecule has 6 heteroatoms. The van der Waals surface area contributed by atoms with Crippen molar-refractivity contribution in [1.29, 1.82) is 0 Å². The van der Waals surface area contributed by atoms with Gasteiger partial charge in [0.25, 0.3) is 5.91 Å². The molecule has 0 unspecified atom stereocenters. The fraction of sp³-hybridized carbons (Fsp3) is 0.0870. The number of carbonyl (C=O) groups excluding carboxylic acids is 1. The van der Waals surface area contributed by atoms with Crippen LogP contribution < -0.4 is 10.1 Å². The highest BCUT2D eigenvalue weighted by Crippen LogP contribution is 2.21. The van der Waals surface area contributed by atoms with Crippen molar-refractivity contribution in [2.24, 2.45) is 0 Å². The number of aryl methyl sites for hydroxylation is 1. The van der Waals surface area contributed by atoms with Gasteiger partial charge in [0.05, 0.1) is 11.4 Å². The van der Waals surface area contributed by atoms with E-state index in [1.165, 1.54) is 11.9 Å². The Morgan fingerprint density at radius 1 is 1.03 bits per heavy atom. The van der Waals surface area contributed by atoms with Crippen LogP contribution in [0.15, 0.2) is 85.5 Å². The molecule has 0 radical (unpaired) electrons. The van der Waals surface area contributed by atoms with E-state index in [4.69, 9.17) is 4.74 Å². The average molecular weight is 384 g/mol. The summed E-state index contributed by atoms with van der Waals surface area (Å²) >= 11 is 0. The number of hydrogen-bond acceptors (Lipinski definition) is 4. The summed E-state index contributed by atoms with van der Waals surface area (Å²) in [7, 11) is 0. The van der Waals surface area contributed by atoms with Crippen molar-refractivity contribution in [3.8, 4) is 11.4 Å². The first kappa shape index (κ1) is 18.4. The molecule has 6 nitrogen and oxygen atoms in total. The number of rotatable bonds is 6. The Labute approximate surface area is 168 Å². The summed E-state index contributed by atoms with van der Waals surface area (Å²) in [5.41, 5.74) is 4.17. The summed E-state index contributed by atoms with van der Waals surface area (Å²) in [4.78, 5) is 16.8. The molecule has 0 saturated carbocycles. The first-order chi connectivity index (χ1) is 14.2. The third-order valence-electron chi connectivity index (χ3n) is 4.40. The zero-order valence-electron chi connectivity index (χ0n) is 15.9. The number of carbonyl (C=O) groups is 1. The first-order valence-corrected chi connectivity index (χ1v) is 9.23. The van der Waals surface area contributed by atoms with Crippen LogP contribution in [-0.2, 0) is 6.61 Å². The molecule has 1 amide bonds. The number of amides is 1. The van der Waals surface area contributed by atoms with Crippen LogP contribution in [0.2, 0.25) is 0 Å². The molecule has 0 bridgehead atoms. The summed E-state index contributed by atoms with van der Waals surface area (Å²) < 4.78 is 7.48. The SMILES string of the molecule is Cc1cccc(COc2cccc(C(=O)Nc3ccccc3-n3cncn3)c2)c1. The second kappa shape index (κ2) is 8.39. The summed E-state index contributed by atoms with van der Waals surface area (Å²) in [6.07, 6.45) is 3.04. The maximum atomic E-state index is 12.8. The van der Waals surface area contributed by atoms with Gasteiger partial charge in [0, 0.05) is 5.56 Å². The quantitative estimate of drug-likeness (QED) is 0.535. The van der Waals surface area contributed by atoms with Crippen molar-refractivity contribution >= 4 is 11.6 Å². The van der Waals surface area contributed by atoms with E-state index in [-0.39, 0.29) is 5.91 Å². The lowest BCUT2D eigenvalue weighted by Gasteiger charge is -2.12. The third kappa shape index (κ3) is 4.50. The molecule has 0 fully saturated rings. The van der Waals surface area contributed by atoms with Gasteiger partial charge < -0.3 is 10.1 Å². The van der Waals surface area contributed by atoms with E-state index in [9.17, 15) is 4.79 Å². The Bertz CT molecular complexity index is 1120. The Hall–Kier alpha value is -3.93. The molecule has 4 aromatic rings. The maximum absolute atomic E-state index is 12.8. The van der Waals surface area contributed by atoms with E-state index in [2.05, 4.69) is 21.5 Å². The standard InChI is InChI=1S/C23H20N4O2/c1-17-6-4-7-18(12-17)14-29-20-9-5-8-19(13-20)23(28)26-21-10-2-3-11-22(21)27-16-24-15-25-27/h2-13,15-16H,14H2,1H3,(H,26,28). The van der Waals surface area contributed by atoms with Gasteiger partial charge in [-0.25, -0.2) is 9.67 Å². The summed E-state index contributed by atoms with van der Waals surface area (Å²) in [6, 6.07) is 22.7. The second-order valence-corrected chi connectivity index (χ2v) is 6.62. The number of aromatic nitrogens is 3. The molecular formula is C23H20N4O2. The van der Waals surface area contributed by atoms with Crippen molar-refractivity contribution < 1.29 is 9.53 Å². The van der Waals surface area contributed by atoms with Crippen LogP contribution in [0, 0.1) is 6.92 Å². The van der Waals surface area contributed by atoms with Crippen LogP contribution in [0.25, 0.3) is 5.69 Å². The predicted molar refractivity (Wildman–Crippen MR) is 111 cm³/mol. The fourth-order valence-corrected chi connectivity index (χ4v) is 3.00. The normalized spacial score (nSPS) is 10.5. The van der Waals surface area contributed by atoms with Gasteiger partial charge in [-0.2, -0.15) is 5.10 Å². The molecule has 0 spiro atoms. The van der Waals surface area contributed by atoms with Crippen molar-refractivity contribution in [3.63, 3.8) is 0 Å². The number of nitrogens with one attached hydrogen (secondary N) is 1. The molecule has 144 valence electrons. The molecule has 0 aliphatic heterocycles. The van der Waals surface area contributed by atoms with Crippen LogP contribution >= 0.6 is 0 Å². The molecule has 0 saturated heterocycles. The summed E-state index contributed by atoms with van der Waals surface area (Å²) in [5.74, 6) is 0.419. The van der Waals surface area contributed by atoms with Gasteiger partial charge >= 0.3 is 0 Å². The molecule has 0 aliphatic carbocycles. The van der Waals surface area contributed by atoms with Crippen molar-refractivity contribution in [1.82, 2.24) is 14.8 Å². The smallest absolute Gasteiger partial charge is 0.255 e. The Balaban J connectivity index is 1.48. The lowest BCUT2D eigenvalue weighted by atomic mass is 10.1. The van der Waals surface area contributed by atoms with E-state index in [1.54, 1.807) is 23.1 Å². The van der Waals surface area contributed by atoms with Gasteiger partial charge in [-0.15, -0.1) is 0 Å². The Morgan fingerprint density at radius 3 is 2.72 bits per heavy atom. The number of anilines is 1. The molecule has 4 rings (SSSR count). The van der Waals surface area contributed by atoms with Gasteiger partial charge in [0.15, 0.2) is 0 Å². The van der Waals surface area contributed by atoms with Gasteiger partial charge in [0.1, 0.15) is 25.0 Å². The van der Waals surface area contributed by atoms with E-state index in [1.807, 2.05) is 61.5 Å². The molecule has 0 aliphatic rings. The lowest BCUT2D eigenvalue weighted by Crippen LogP contribution is -2.14. The number of benzene rings is 3. The minimum Gasteiger partial charge on any atom is -0.489 e. The molecule has 0 atom stereocenters. The molecule has 1 aromatic heterocycles. The third-order valence-corrected chi connectivity index (χ3v) is 4.40. The van der Waals surface area contributed by atoms with E-state index in [0.29, 0.717) is 23.6 Å². The zero-order valence-corrected chi connectivity index (χ0v) is 15.9. The number of hydrogen-bond donors (Lipinski definition) is 1. The largest absolute Gasteiger partial charge is 0.489 e. The van der Waals surface area contributed by atoms with Crippen molar-refractivity contribution in [2.45, 2.75) is 13.5 Å². The zero-order chi connectivity index (χ0) is 20.1. The van der Waals surface area contributed by atoms with Crippen molar-refractivity contribution in [2.75, 3.05) is 5.32 Å². The van der Waals surface area contributed by atoms with Crippen LogP contribution in [0.5, 0.6) is 5.75 Å². The predicted octanol–water partition coefficient (Wildman–Crippen LogP) is 4.41. The molecule has 1 N–H and O–H groups in total. The monoisotopic (exact) mass is 384 g/mol. The number of ether oxygens (including phenoxy) is 1. The second-order valence-electron chi connectivity index (χ2n) is 6.62. The highest BCUT2D eigenvalue weighted by Gasteiger charge is 2.11. The Kier molecular flexibility index (Phi) is 5.33. The van der Waals surface area contributed by atoms with Gasteiger partial charge in [-0.05, 0) is 42.8 Å². The van der Waals surface area contributed by atoms with Crippen molar-refractivity contribution in [3.05, 3.63) is 102 Å². The lowest BCUT2D eigenvalue weighted by molar-refractivity contribution is 0.102. The minimum absolute atomic E-state index is 0.224. The average Bonchev–Trinajstić information content (AvgIpc) is 3.28. The minimum atomic E-state index is -0.224. The molecular weight excluding hydrogens is 364 g/mol. The fourth-order valence-electron chi connectivity index (χ4n) is 3.00. The van der Waals surface area contributed by atoms with E-state index >= 15 is 0 Å². The van der Waals surface area contributed by atoms with Crippen LogP contribution in [-0.4, -0.2) is 20.7 Å².